The zero-order chi connectivity index (χ0) is 15.4. The van der Waals surface area contributed by atoms with Gasteiger partial charge in [-0.25, -0.2) is 0 Å². The van der Waals surface area contributed by atoms with Gasteiger partial charge in [-0.05, 0) is 29.7 Å². The van der Waals surface area contributed by atoms with Gasteiger partial charge in [0.05, 0.1) is 0 Å². The Morgan fingerprint density at radius 3 is 2.36 bits per heavy atom. The molecular weight excluding hydrogens is 276 g/mol. The molecule has 1 saturated heterocycles. The number of carbonyl (C=O) groups is 2. The average molecular weight is 294 g/mol. The summed E-state index contributed by atoms with van der Waals surface area (Å²) in [4.78, 5) is 23.2. The van der Waals surface area contributed by atoms with Crippen molar-refractivity contribution in [2.24, 2.45) is 0 Å². The summed E-state index contributed by atoms with van der Waals surface area (Å²) in [6, 6.07) is 17.6. The zero-order valence-electron chi connectivity index (χ0n) is 12.2. The molecule has 1 aliphatic heterocycles. The Labute approximate surface area is 129 Å². The first-order valence-electron chi connectivity index (χ1n) is 7.45. The Morgan fingerprint density at radius 1 is 1.05 bits per heavy atom. The third kappa shape index (κ3) is 3.34. The molecule has 2 aromatic carbocycles. The van der Waals surface area contributed by atoms with Gasteiger partial charge in [0.2, 0.25) is 5.91 Å². The van der Waals surface area contributed by atoms with E-state index in [0.29, 0.717) is 18.5 Å². The van der Waals surface area contributed by atoms with Gasteiger partial charge >= 0.3 is 0 Å². The quantitative estimate of drug-likeness (QED) is 0.909. The molecule has 0 radical (unpaired) electrons. The number of benzene rings is 2. The number of carbonyl (C=O) groups excluding carboxylic acids is 2. The predicted molar refractivity (Wildman–Crippen MR) is 85.4 cm³/mol. The van der Waals surface area contributed by atoms with Crippen molar-refractivity contribution in [3.63, 3.8) is 0 Å². The van der Waals surface area contributed by atoms with E-state index in [-0.39, 0.29) is 17.9 Å². The highest BCUT2D eigenvalue weighted by molar-refractivity contribution is 5.94. The third-order valence-electron chi connectivity index (χ3n) is 3.85. The maximum atomic E-state index is 12.1. The number of rotatable bonds is 4. The molecule has 0 aromatic heterocycles. The molecule has 0 aliphatic carbocycles. The summed E-state index contributed by atoms with van der Waals surface area (Å²) in [6.07, 6.45) is 1.33. The van der Waals surface area contributed by atoms with Crippen LogP contribution in [0.5, 0.6) is 0 Å². The van der Waals surface area contributed by atoms with Gasteiger partial charge in [0.15, 0.2) is 0 Å². The lowest BCUT2D eigenvalue weighted by molar-refractivity contribution is -0.119. The van der Waals surface area contributed by atoms with Crippen LogP contribution in [0.2, 0.25) is 0 Å². The molecule has 0 bridgehead atoms. The van der Waals surface area contributed by atoms with Gasteiger partial charge in [0.25, 0.3) is 5.91 Å². The Bertz CT molecular complexity index is 665. The lowest BCUT2D eigenvalue weighted by atomic mass is 10.0. The second-order valence-corrected chi connectivity index (χ2v) is 5.46. The standard InChI is InChI=1S/C18H18N2O2/c21-17-11-10-16(20-17)12-19-18(22)15-8-6-14(7-9-15)13-4-2-1-3-5-13/h1-9,16H,10-12H2,(H,19,22)(H,20,21). The van der Waals surface area contributed by atoms with E-state index in [1.54, 1.807) is 0 Å². The van der Waals surface area contributed by atoms with E-state index in [9.17, 15) is 9.59 Å². The number of amides is 2. The van der Waals surface area contributed by atoms with Crippen LogP contribution < -0.4 is 10.6 Å². The first kappa shape index (κ1) is 14.3. The number of nitrogens with one attached hydrogen (secondary N) is 2. The first-order chi connectivity index (χ1) is 10.7. The molecule has 4 heteroatoms. The van der Waals surface area contributed by atoms with E-state index in [2.05, 4.69) is 10.6 Å². The highest BCUT2D eigenvalue weighted by Gasteiger charge is 2.21. The molecule has 3 rings (SSSR count). The second kappa shape index (κ2) is 6.43. The van der Waals surface area contributed by atoms with Crippen LogP contribution in [0.15, 0.2) is 54.6 Å². The van der Waals surface area contributed by atoms with E-state index < -0.39 is 0 Å². The van der Waals surface area contributed by atoms with Crippen LogP contribution in [0, 0.1) is 0 Å². The van der Waals surface area contributed by atoms with Crippen molar-refractivity contribution in [3.05, 3.63) is 60.2 Å². The second-order valence-electron chi connectivity index (χ2n) is 5.46. The van der Waals surface area contributed by atoms with E-state index in [1.807, 2.05) is 54.6 Å². The largest absolute Gasteiger partial charge is 0.352 e. The molecule has 1 unspecified atom stereocenters. The van der Waals surface area contributed by atoms with E-state index >= 15 is 0 Å². The number of hydrogen-bond donors (Lipinski definition) is 2. The Balaban J connectivity index is 1.60. The SMILES string of the molecule is O=C1CCC(CNC(=O)c2ccc(-c3ccccc3)cc2)N1. The lowest BCUT2D eigenvalue weighted by Gasteiger charge is -2.11. The Kier molecular flexibility index (Phi) is 4.19. The van der Waals surface area contributed by atoms with Gasteiger partial charge in [0.1, 0.15) is 0 Å². The Morgan fingerprint density at radius 2 is 1.73 bits per heavy atom. The van der Waals surface area contributed by atoms with Crippen molar-refractivity contribution >= 4 is 11.8 Å². The predicted octanol–water partition coefficient (Wildman–Crippen LogP) is 2.36. The molecule has 1 fully saturated rings. The van der Waals surface area contributed by atoms with Gasteiger partial charge in [0, 0.05) is 24.6 Å². The van der Waals surface area contributed by atoms with Gasteiger partial charge in [-0.15, -0.1) is 0 Å². The normalized spacial score (nSPS) is 17.1. The van der Waals surface area contributed by atoms with Gasteiger partial charge in [-0.1, -0.05) is 42.5 Å². The highest BCUT2D eigenvalue weighted by atomic mass is 16.2. The van der Waals surface area contributed by atoms with Crippen LogP contribution in [-0.2, 0) is 4.79 Å². The van der Waals surface area contributed by atoms with E-state index in [0.717, 1.165) is 17.5 Å². The summed E-state index contributed by atoms with van der Waals surface area (Å²) in [5, 5.41) is 5.70. The van der Waals surface area contributed by atoms with Crippen LogP contribution in [0.1, 0.15) is 23.2 Å². The topological polar surface area (TPSA) is 58.2 Å². The minimum atomic E-state index is -0.110. The zero-order valence-corrected chi connectivity index (χ0v) is 12.2. The minimum Gasteiger partial charge on any atom is -0.352 e. The van der Waals surface area contributed by atoms with Crippen molar-refractivity contribution in [1.82, 2.24) is 10.6 Å². The molecule has 0 saturated carbocycles. The van der Waals surface area contributed by atoms with Gasteiger partial charge in [-0.2, -0.15) is 0 Å². The van der Waals surface area contributed by atoms with Crippen LogP contribution in [0.3, 0.4) is 0 Å². The molecule has 2 amide bonds. The highest BCUT2D eigenvalue weighted by Crippen LogP contribution is 2.19. The maximum Gasteiger partial charge on any atom is 0.251 e. The van der Waals surface area contributed by atoms with Crippen LogP contribution in [0.4, 0.5) is 0 Å². The van der Waals surface area contributed by atoms with Crippen molar-refractivity contribution in [2.75, 3.05) is 6.54 Å². The lowest BCUT2D eigenvalue weighted by Crippen LogP contribution is -2.38. The van der Waals surface area contributed by atoms with Crippen LogP contribution >= 0.6 is 0 Å². The van der Waals surface area contributed by atoms with Crippen molar-refractivity contribution < 1.29 is 9.59 Å². The molecular formula is C18H18N2O2. The minimum absolute atomic E-state index is 0.0556. The fourth-order valence-corrected chi connectivity index (χ4v) is 2.59. The molecule has 2 N–H and O–H groups in total. The summed E-state index contributed by atoms with van der Waals surface area (Å²) >= 11 is 0. The third-order valence-corrected chi connectivity index (χ3v) is 3.85. The molecule has 2 aromatic rings. The summed E-state index contributed by atoms with van der Waals surface area (Å²) < 4.78 is 0. The van der Waals surface area contributed by atoms with Crippen LogP contribution in [0.25, 0.3) is 11.1 Å². The smallest absolute Gasteiger partial charge is 0.251 e. The molecule has 4 nitrogen and oxygen atoms in total. The average Bonchev–Trinajstić information content (AvgIpc) is 2.99. The summed E-state index contributed by atoms with van der Waals surface area (Å²) in [7, 11) is 0. The summed E-state index contributed by atoms with van der Waals surface area (Å²) in [5.41, 5.74) is 2.84. The Hall–Kier alpha value is -2.62. The summed E-state index contributed by atoms with van der Waals surface area (Å²) in [6.45, 7) is 0.477. The monoisotopic (exact) mass is 294 g/mol. The van der Waals surface area contributed by atoms with Crippen molar-refractivity contribution in [3.8, 4) is 11.1 Å². The molecule has 1 aliphatic rings. The molecule has 0 spiro atoms. The molecule has 22 heavy (non-hydrogen) atoms. The fraction of sp³-hybridized carbons (Fsp3) is 0.222. The van der Waals surface area contributed by atoms with Crippen molar-refractivity contribution in [1.29, 1.82) is 0 Å². The first-order valence-corrected chi connectivity index (χ1v) is 7.45. The molecule has 1 atom stereocenters. The molecule has 1 heterocycles. The van der Waals surface area contributed by atoms with Crippen molar-refractivity contribution in [2.45, 2.75) is 18.9 Å². The number of hydrogen-bond acceptors (Lipinski definition) is 2. The molecule has 112 valence electrons. The maximum absolute atomic E-state index is 12.1. The van der Waals surface area contributed by atoms with Crippen LogP contribution in [-0.4, -0.2) is 24.4 Å². The summed E-state index contributed by atoms with van der Waals surface area (Å²) in [5.74, 6) is -0.0489. The fourth-order valence-electron chi connectivity index (χ4n) is 2.59. The van der Waals surface area contributed by atoms with E-state index in [1.165, 1.54) is 0 Å². The van der Waals surface area contributed by atoms with Gasteiger partial charge in [-0.3, -0.25) is 9.59 Å². The van der Waals surface area contributed by atoms with E-state index in [4.69, 9.17) is 0 Å². The van der Waals surface area contributed by atoms with Gasteiger partial charge < -0.3 is 10.6 Å².